The van der Waals surface area contributed by atoms with Crippen LogP contribution in [0.2, 0.25) is 0 Å². The van der Waals surface area contributed by atoms with Gasteiger partial charge >= 0.3 is 0 Å². The molecular formula is C28H32N2O3. The highest BCUT2D eigenvalue weighted by Gasteiger charge is 2.44. The summed E-state index contributed by atoms with van der Waals surface area (Å²) in [5.74, 6) is 0.494. The lowest BCUT2D eigenvalue weighted by Gasteiger charge is -2.40. The van der Waals surface area contributed by atoms with E-state index in [4.69, 9.17) is 9.47 Å². The van der Waals surface area contributed by atoms with Crippen molar-refractivity contribution in [1.82, 2.24) is 9.88 Å². The molecule has 2 aliphatic heterocycles. The van der Waals surface area contributed by atoms with E-state index in [1.165, 1.54) is 11.1 Å². The van der Waals surface area contributed by atoms with E-state index in [0.29, 0.717) is 33.0 Å². The molecule has 1 atom stereocenters. The van der Waals surface area contributed by atoms with E-state index in [-0.39, 0.29) is 11.8 Å². The van der Waals surface area contributed by atoms with E-state index in [2.05, 4.69) is 65.3 Å². The van der Waals surface area contributed by atoms with Gasteiger partial charge in [0.15, 0.2) is 0 Å². The van der Waals surface area contributed by atoms with Crippen molar-refractivity contribution in [3.63, 3.8) is 0 Å². The Kier molecular flexibility index (Phi) is 6.43. The minimum absolute atomic E-state index is 0.230. The van der Waals surface area contributed by atoms with Gasteiger partial charge < -0.3 is 14.4 Å². The molecular weight excluding hydrogens is 412 g/mol. The van der Waals surface area contributed by atoms with Gasteiger partial charge in [-0.3, -0.25) is 9.78 Å². The van der Waals surface area contributed by atoms with Crippen molar-refractivity contribution in [1.29, 1.82) is 0 Å². The predicted octanol–water partition coefficient (Wildman–Crippen LogP) is 4.31. The highest BCUT2D eigenvalue weighted by Crippen LogP contribution is 2.37. The van der Waals surface area contributed by atoms with Crippen LogP contribution in [0.5, 0.6) is 0 Å². The van der Waals surface area contributed by atoms with Crippen LogP contribution in [0.4, 0.5) is 0 Å². The molecule has 0 saturated carbocycles. The number of amides is 1. The van der Waals surface area contributed by atoms with Crippen LogP contribution in [0.1, 0.15) is 29.5 Å². The second-order valence-electron chi connectivity index (χ2n) is 9.49. The van der Waals surface area contributed by atoms with Gasteiger partial charge in [0.1, 0.15) is 0 Å². The fraction of sp³-hybridized carbons (Fsp3) is 0.429. The quantitative estimate of drug-likeness (QED) is 0.602. The van der Waals surface area contributed by atoms with Crippen molar-refractivity contribution in [3.8, 4) is 0 Å². The van der Waals surface area contributed by atoms with Gasteiger partial charge in [0.05, 0.1) is 24.1 Å². The number of aromatic nitrogens is 1. The first-order chi connectivity index (χ1) is 16.1. The molecule has 0 aliphatic carbocycles. The molecule has 33 heavy (non-hydrogen) atoms. The molecule has 2 fully saturated rings. The van der Waals surface area contributed by atoms with Crippen LogP contribution in [0.3, 0.4) is 0 Å². The van der Waals surface area contributed by atoms with Gasteiger partial charge in [0, 0.05) is 43.8 Å². The third-order valence-corrected chi connectivity index (χ3v) is 7.18. The number of hydrogen-bond donors (Lipinski definition) is 0. The summed E-state index contributed by atoms with van der Waals surface area (Å²) < 4.78 is 11.6. The SMILES string of the molecule is Cc1ccc(C2(C(=O)N3CCOC[C@@H](Cc4ccc5ncccc5c4)C3)CCOCC2)cc1. The molecule has 5 nitrogen and oxygen atoms in total. The van der Waals surface area contributed by atoms with Crippen LogP contribution < -0.4 is 0 Å². The first kappa shape index (κ1) is 22.1. The maximum atomic E-state index is 14.1. The molecule has 1 aromatic heterocycles. The van der Waals surface area contributed by atoms with Crippen LogP contribution in [0, 0.1) is 12.8 Å². The van der Waals surface area contributed by atoms with Gasteiger partial charge in [-0.05, 0) is 55.5 Å². The second-order valence-corrected chi connectivity index (χ2v) is 9.49. The summed E-state index contributed by atoms with van der Waals surface area (Å²) in [5, 5.41) is 1.15. The molecule has 2 aromatic carbocycles. The Hall–Kier alpha value is -2.76. The van der Waals surface area contributed by atoms with Gasteiger partial charge in [0.25, 0.3) is 0 Å². The van der Waals surface area contributed by atoms with Crippen LogP contribution in [-0.4, -0.2) is 55.3 Å². The van der Waals surface area contributed by atoms with E-state index >= 15 is 0 Å². The maximum absolute atomic E-state index is 14.1. The monoisotopic (exact) mass is 444 g/mol. The van der Waals surface area contributed by atoms with Crippen molar-refractivity contribution in [3.05, 3.63) is 77.5 Å². The molecule has 3 heterocycles. The molecule has 0 N–H and O–H groups in total. The molecule has 5 rings (SSSR count). The van der Waals surface area contributed by atoms with E-state index in [1.54, 1.807) is 0 Å². The van der Waals surface area contributed by atoms with Crippen LogP contribution in [0.15, 0.2) is 60.8 Å². The number of aryl methyl sites for hydroxylation is 1. The van der Waals surface area contributed by atoms with Gasteiger partial charge in [0.2, 0.25) is 5.91 Å². The van der Waals surface area contributed by atoms with Gasteiger partial charge in [-0.25, -0.2) is 0 Å². The van der Waals surface area contributed by atoms with Crippen molar-refractivity contribution in [2.75, 3.05) is 39.5 Å². The zero-order valence-corrected chi connectivity index (χ0v) is 19.3. The Morgan fingerprint density at radius 3 is 2.70 bits per heavy atom. The Labute approximate surface area is 195 Å². The largest absolute Gasteiger partial charge is 0.381 e. The summed E-state index contributed by atoms with van der Waals surface area (Å²) in [4.78, 5) is 20.6. The van der Waals surface area contributed by atoms with Crippen molar-refractivity contribution in [2.24, 2.45) is 5.92 Å². The Balaban J connectivity index is 1.37. The van der Waals surface area contributed by atoms with E-state index in [1.807, 2.05) is 12.3 Å². The average Bonchev–Trinajstić information content (AvgIpc) is 3.10. The number of nitrogens with zero attached hydrogens (tertiary/aromatic N) is 2. The van der Waals surface area contributed by atoms with Crippen molar-refractivity contribution in [2.45, 2.75) is 31.6 Å². The third-order valence-electron chi connectivity index (χ3n) is 7.18. The van der Waals surface area contributed by atoms with Crippen molar-refractivity contribution >= 4 is 16.8 Å². The number of carbonyl (C=O) groups is 1. The average molecular weight is 445 g/mol. The van der Waals surface area contributed by atoms with Crippen molar-refractivity contribution < 1.29 is 14.3 Å². The zero-order chi connectivity index (χ0) is 22.7. The lowest BCUT2D eigenvalue weighted by Crippen LogP contribution is -2.51. The topological polar surface area (TPSA) is 51.7 Å². The lowest BCUT2D eigenvalue weighted by molar-refractivity contribution is -0.141. The third kappa shape index (κ3) is 4.66. The molecule has 172 valence electrons. The smallest absolute Gasteiger partial charge is 0.233 e. The number of rotatable bonds is 4. The lowest BCUT2D eigenvalue weighted by atomic mass is 9.72. The van der Waals surface area contributed by atoms with E-state index in [9.17, 15) is 4.79 Å². The normalized spacial score (nSPS) is 21.0. The molecule has 0 bridgehead atoms. The zero-order valence-electron chi connectivity index (χ0n) is 19.3. The first-order valence-electron chi connectivity index (χ1n) is 12.0. The van der Waals surface area contributed by atoms with Crippen LogP contribution in [0.25, 0.3) is 10.9 Å². The Morgan fingerprint density at radius 2 is 1.88 bits per heavy atom. The van der Waals surface area contributed by atoms with Crippen LogP contribution >= 0.6 is 0 Å². The number of pyridine rings is 1. The highest BCUT2D eigenvalue weighted by molar-refractivity contribution is 5.88. The standard InChI is InChI=1S/C28H32N2O3/c1-21-4-7-25(8-5-21)28(10-14-32-15-11-28)27(31)30-13-16-33-20-23(19-30)17-22-6-9-26-24(18-22)3-2-12-29-26/h2-9,12,18,23H,10-11,13-17,19-20H2,1H3/t23-/m0/s1. The minimum Gasteiger partial charge on any atom is -0.381 e. The Morgan fingerprint density at radius 1 is 1.06 bits per heavy atom. The number of hydrogen-bond acceptors (Lipinski definition) is 4. The number of fused-ring (bicyclic) bond motifs is 1. The summed E-state index contributed by atoms with van der Waals surface area (Å²) in [7, 11) is 0. The maximum Gasteiger partial charge on any atom is 0.233 e. The van der Waals surface area contributed by atoms with E-state index < -0.39 is 5.41 Å². The summed E-state index contributed by atoms with van der Waals surface area (Å²) in [6.45, 7) is 5.96. The highest BCUT2D eigenvalue weighted by atomic mass is 16.5. The molecule has 0 radical (unpaired) electrons. The summed E-state index contributed by atoms with van der Waals surface area (Å²) in [6.07, 6.45) is 4.17. The fourth-order valence-electron chi connectivity index (χ4n) is 5.29. The second kappa shape index (κ2) is 9.62. The van der Waals surface area contributed by atoms with Gasteiger partial charge in [-0.15, -0.1) is 0 Å². The Bertz CT molecular complexity index is 1110. The number of carbonyl (C=O) groups excluding carboxylic acids is 1. The molecule has 1 amide bonds. The molecule has 3 aromatic rings. The molecule has 2 saturated heterocycles. The predicted molar refractivity (Wildman–Crippen MR) is 129 cm³/mol. The van der Waals surface area contributed by atoms with Crippen LogP contribution in [-0.2, 0) is 26.1 Å². The van der Waals surface area contributed by atoms with Gasteiger partial charge in [-0.2, -0.15) is 0 Å². The molecule has 0 spiro atoms. The summed E-state index contributed by atoms with van der Waals surface area (Å²) >= 11 is 0. The summed E-state index contributed by atoms with van der Waals surface area (Å²) in [6, 6.07) is 19.0. The first-order valence-corrected chi connectivity index (χ1v) is 12.0. The van der Waals surface area contributed by atoms with E-state index in [0.717, 1.165) is 42.3 Å². The molecule has 0 unspecified atom stereocenters. The number of ether oxygens (including phenoxy) is 2. The van der Waals surface area contributed by atoms with Gasteiger partial charge in [-0.1, -0.05) is 42.0 Å². The summed E-state index contributed by atoms with van der Waals surface area (Å²) in [5.41, 5.74) is 4.09. The minimum atomic E-state index is -0.505. The molecule has 2 aliphatic rings. The molecule has 5 heteroatoms. The fourth-order valence-corrected chi connectivity index (χ4v) is 5.29. The number of benzene rings is 2.